The fourth-order valence-electron chi connectivity index (χ4n) is 3.08. The quantitative estimate of drug-likeness (QED) is 0.850. The van der Waals surface area contributed by atoms with Crippen molar-refractivity contribution < 1.29 is 8.42 Å². The molecule has 0 bridgehead atoms. The van der Waals surface area contributed by atoms with Crippen molar-refractivity contribution in [3.63, 3.8) is 0 Å². The molecule has 0 amide bonds. The number of aromatic nitrogens is 2. The van der Waals surface area contributed by atoms with Crippen molar-refractivity contribution in [1.29, 1.82) is 0 Å². The van der Waals surface area contributed by atoms with Crippen LogP contribution in [0.3, 0.4) is 0 Å². The van der Waals surface area contributed by atoms with Gasteiger partial charge in [-0.3, -0.25) is 0 Å². The third kappa shape index (κ3) is 4.15. The van der Waals surface area contributed by atoms with Crippen molar-refractivity contribution in [3.8, 4) is 0 Å². The van der Waals surface area contributed by atoms with E-state index in [2.05, 4.69) is 19.6 Å². The third-order valence-electron chi connectivity index (χ3n) is 4.29. The van der Waals surface area contributed by atoms with Crippen LogP contribution in [0.25, 0.3) is 10.9 Å². The van der Waals surface area contributed by atoms with Gasteiger partial charge in [0.1, 0.15) is 12.1 Å². The normalized spacial score (nSPS) is 16.8. The number of anilines is 1. The molecule has 3 rings (SSSR count). The van der Waals surface area contributed by atoms with Gasteiger partial charge in [-0.25, -0.2) is 19.8 Å². The van der Waals surface area contributed by atoms with Gasteiger partial charge in [-0.1, -0.05) is 12.1 Å². The summed E-state index contributed by atoms with van der Waals surface area (Å²) in [5.41, 5.74) is 0.956. The summed E-state index contributed by atoms with van der Waals surface area (Å²) in [6, 6.07) is 8.02. The molecular formula is C15H21N5O2S. The lowest BCUT2D eigenvalue weighted by molar-refractivity contribution is 0.381. The van der Waals surface area contributed by atoms with E-state index >= 15 is 0 Å². The van der Waals surface area contributed by atoms with E-state index < -0.39 is 10.2 Å². The highest BCUT2D eigenvalue weighted by Gasteiger charge is 2.21. The van der Waals surface area contributed by atoms with Gasteiger partial charge in [0.05, 0.1) is 5.52 Å². The second-order valence-corrected chi connectivity index (χ2v) is 7.25. The predicted octanol–water partition coefficient (Wildman–Crippen LogP) is 1.03. The molecule has 23 heavy (non-hydrogen) atoms. The molecule has 0 saturated carbocycles. The van der Waals surface area contributed by atoms with E-state index in [1.54, 1.807) is 6.33 Å². The Kier molecular flexibility index (Phi) is 4.74. The predicted molar refractivity (Wildman–Crippen MR) is 90.2 cm³/mol. The van der Waals surface area contributed by atoms with Gasteiger partial charge >= 0.3 is 0 Å². The molecule has 0 radical (unpaired) electrons. The third-order valence-corrected chi connectivity index (χ3v) is 4.90. The van der Waals surface area contributed by atoms with E-state index in [-0.39, 0.29) is 0 Å². The van der Waals surface area contributed by atoms with Gasteiger partial charge in [0.2, 0.25) is 0 Å². The van der Waals surface area contributed by atoms with Crippen LogP contribution in [0.2, 0.25) is 0 Å². The number of nitrogens with one attached hydrogen (secondary N) is 1. The van der Waals surface area contributed by atoms with Crippen LogP contribution >= 0.6 is 0 Å². The van der Waals surface area contributed by atoms with Crippen molar-refractivity contribution in [1.82, 2.24) is 14.7 Å². The first-order chi connectivity index (χ1) is 11.0. The first kappa shape index (κ1) is 16.1. The van der Waals surface area contributed by atoms with E-state index in [0.717, 1.165) is 49.1 Å². The lowest BCUT2D eigenvalue weighted by Crippen LogP contribution is -2.37. The first-order valence-electron chi connectivity index (χ1n) is 7.75. The number of piperidine rings is 1. The van der Waals surface area contributed by atoms with Gasteiger partial charge < -0.3 is 4.90 Å². The minimum atomic E-state index is -3.58. The summed E-state index contributed by atoms with van der Waals surface area (Å²) in [7, 11) is -3.58. The number of benzene rings is 1. The van der Waals surface area contributed by atoms with Crippen molar-refractivity contribution in [2.75, 3.05) is 24.5 Å². The molecule has 1 aromatic heterocycles. The second kappa shape index (κ2) is 6.77. The zero-order valence-electron chi connectivity index (χ0n) is 12.9. The topological polar surface area (TPSA) is 101 Å². The molecule has 0 aliphatic carbocycles. The van der Waals surface area contributed by atoms with Crippen LogP contribution in [0.15, 0.2) is 30.6 Å². The lowest BCUT2D eigenvalue weighted by Gasteiger charge is -2.33. The fourth-order valence-corrected chi connectivity index (χ4v) is 3.48. The van der Waals surface area contributed by atoms with Gasteiger partial charge in [-0.2, -0.15) is 8.42 Å². The maximum Gasteiger partial charge on any atom is 0.274 e. The maximum atomic E-state index is 10.9. The molecule has 3 N–H and O–H groups in total. The summed E-state index contributed by atoms with van der Waals surface area (Å²) in [6.45, 7) is 2.24. The number of rotatable bonds is 5. The average molecular weight is 335 g/mol. The van der Waals surface area contributed by atoms with Gasteiger partial charge in [-0.15, -0.1) is 0 Å². The highest BCUT2D eigenvalue weighted by atomic mass is 32.2. The number of nitrogens with zero attached hydrogens (tertiary/aromatic N) is 3. The van der Waals surface area contributed by atoms with Crippen molar-refractivity contribution in [2.24, 2.45) is 11.1 Å². The summed E-state index contributed by atoms with van der Waals surface area (Å²) < 4.78 is 24.1. The standard InChI is InChI=1S/C15H21N5O2S/c16-23(21,22)19-8-5-12-6-9-20(10-7-12)15-13-3-1-2-4-14(13)17-11-18-15/h1-4,11-12,19H,5-10H2,(H2,16,21,22). The Balaban J connectivity index is 1.60. The number of fused-ring (bicyclic) bond motifs is 1. The zero-order valence-corrected chi connectivity index (χ0v) is 13.7. The van der Waals surface area contributed by atoms with Crippen molar-refractivity contribution >= 4 is 26.9 Å². The Hall–Kier alpha value is -1.77. The van der Waals surface area contributed by atoms with Crippen LogP contribution in [0, 0.1) is 5.92 Å². The Bertz CT molecular complexity index is 767. The van der Waals surface area contributed by atoms with Crippen LogP contribution in [-0.2, 0) is 10.2 Å². The van der Waals surface area contributed by atoms with Crippen molar-refractivity contribution in [2.45, 2.75) is 19.3 Å². The SMILES string of the molecule is NS(=O)(=O)NCCC1CCN(c2ncnc3ccccc23)CC1. The maximum absolute atomic E-state index is 10.9. The van der Waals surface area contributed by atoms with E-state index in [9.17, 15) is 8.42 Å². The van der Waals surface area contributed by atoms with Crippen LogP contribution in [-0.4, -0.2) is 38.0 Å². The summed E-state index contributed by atoms with van der Waals surface area (Å²) in [5, 5.41) is 6.01. The van der Waals surface area contributed by atoms with Gasteiger partial charge in [0, 0.05) is 25.0 Å². The molecule has 0 spiro atoms. The Morgan fingerprint density at radius 2 is 1.96 bits per heavy atom. The Morgan fingerprint density at radius 1 is 1.22 bits per heavy atom. The minimum Gasteiger partial charge on any atom is -0.356 e. The van der Waals surface area contributed by atoms with Crippen LogP contribution in [0.5, 0.6) is 0 Å². The van der Waals surface area contributed by atoms with Gasteiger partial charge in [-0.05, 0) is 37.3 Å². The van der Waals surface area contributed by atoms with Crippen LogP contribution in [0.1, 0.15) is 19.3 Å². The summed E-state index contributed by atoms with van der Waals surface area (Å²) >= 11 is 0. The molecule has 1 aliphatic heterocycles. The zero-order chi connectivity index (χ0) is 16.3. The molecule has 1 saturated heterocycles. The highest BCUT2D eigenvalue weighted by molar-refractivity contribution is 7.87. The van der Waals surface area contributed by atoms with Crippen molar-refractivity contribution in [3.05, 3.63) is 30.6 Å². The number of para-hydroxylation sites is 1. The average Bonchev–Trinajstić information content (AvgIpc) is 2.54. The molecule has 124 valence electrons. The summed E-state index contributed by atoms with van der Waals surface area (Å²) in [6.07, 6.45) is 4.46. The van der Waals surface area contributed by atoms with E-state index in [1.807, 2.05) is 24.3 Å². The summed E-state index contributed by atoms with van der Waals surface area (Å²) in [4.78, 5) is 11.0. The van der Waals surface area contributed by atoms with E-state index in [0.29, 0.717) is 12.5 Å². The minimum absolute atomic E-state index is 0.403. The van der Waals surface area contributed by atoms with Crippen LogP contribution in [0.4, 0.5) is 5.82 Å². The van der Waals surface area contributed by atoms with Gasteiger partial charge in [0.15, 0.2) is 0 Å². The van der Waals surface area contributed by atoms with Gasteiger partial charge in [0.25, 0.3) is 10.2 Å². The largest absolute Gasteiger partial charge is 0.356 e. The Morgan fingerprint density at radius 3 is 2.70 bits per heavy atom. The van der Waals surface area contributed by atoms with Crippen LogP contribution < -0.4 is 14.8 Å². The van der Waals surface area contributed by atoms with E-state index in [4.69, 9.17) is 5.14 Å². The molecule has 1 fully saturated rings. The monoisotopic (exact) mass is 335 g/mol. The molecule has 2 heterocycles. The molecule has 0 atom stereocenters. The first-order valence-corrected chi connectivity index (χ1v) is 9.29. The number of nitrogens with two attached hydrogens (primary N) is 1. The lowest BCUT2D eigenvalue weighted by atomic mass is 9.93. The smallest absolute Gasteiger partial charge is 0.274 e. The molecule has 2 aromatic rings. The fraction of sp³-hybridized carbons (Fsp3) is 0.467. The summed E-state index contributed by atoms with van der Waals surface area (Å²) in [5.74, 6) is 1.49. The second-order valence-electron chi connectivity index (χ2n) is 5.87. The molecule has 1 aliphatic rings. The molecule has 1 aromatic carbocycles. The number of hydrogen-bond donors (Lipinski definition) is 2. The molecular weight excluding hydrogens is 314 g/mol. The van der Waals surface area contributed by atoms with E-state index in [1.165, 1.54) is 0 Å². The molecule has 8 heteroatoms. The molecule has 7 nitrogen and oxygen atoms in total. The number of hydrogen-bond acceptors (Lipinski definition) is 5. The highest BCUT2D eigenvalue weighted by Crippen LogP contribution is 2.28. The Labute approximate surface area is 136 Å². The molecule has 0 unspecified atom stereocenters.